The number of aromatic nitrogens is 4. The van der Waals surface area contributed by atoms with Gasteiger partial charge in [0.2, 0.25) is 0 Å². The molecule has 0 aliphatic rings. The maximum absolute atomic E-state index is 6.74. The van der Waals surface area contributed by atoms with Crippen LogP contribution in [-0.2, 0) is 5.41 Å². The van der Waals surface area contributed by atoms with Crippen LogP contribution in [0.3, 0.4) is 0 Å². The van der Waals surface area contributed by atoms with E-state index in [1.807, 2.05) is 6.20 Å². The molecule has 4 aromatic carbocycles. The predicted molar refractivity (Wildman–Crippen MR) is 204 cm³/mol. The van der Waals surface area contributed by atoms with Crippen molar-refractivity contribution in [2.45, 2.75) is 80.6 Å². The maximum Gasteiger partial charge on any atom is 0.137 e. The molecule has 7 aromatic rings. The van der Waals surface area contributed by atoms with E-state index in [2.05, 4.69) is 163 Å². The highest BCUT2D eigenvalue weighted by Crippen LogP contribution is 2.38. The van der Waals surface area contributed by atoms with Crippen LogP contribution in [0, 0.1) is 34.6 Å². The fourth-order valence-electron chi connectivity index (χ4n) is 7.35. The van der Waals surface area contributed by atoms with Crippen LogP contribution in [0.15, 0.2) is 91.1 Å². The molecule has 0 atom stereocenters. The van der Waals surface area contributed by atoms with E-state index < -0.39 is 0 Å². The Hall–Kier alpha value is -5.16. The first kappa shape index (κ1) is 32.4. The third-order valence-corrected chi connectivity index (χ3v) is 9.76. The smallest absolute Gasteiger partial charge is 0.137 e. The summed E-state index contributed by atoms with van der Waals surface area (Å²) in [7, 11) is 0. The summed E-state index contributed by atoms with van der Waals surface area (Å²) in [5, 5.41) is 7.45. The number of hydrogen-bond donors (Lipinski definition) is 0. The third kappa shape index (κ3) is 5.82. The Morgan fingerprint density at radius 1 is 0.694 bits per heavy atom. The SMILES string of the molecule is Cc1cc(C)c(-c2c(C)nn(-c3cc(Oc4ccc5c6ccccc6n(-c6cc(C(C)(C)C)ccn6)c5c4)cc(C(C)C)c3)c2C)c(C)c1. The molecule has 5 nitrogen and oxygen atoms in total. The summed E-state index contributed by atoms with van der Waals surface area (Å²) in [6, 6.07) is 30.3. The van der Waals surface area contributed by atoms with E-state index >= 15 is 0 Å². The number of fused-ring (bicyclic) bond motifs is 3. The Kier molecular flexibility index (Phi) is 7.98. The molecule has 0 fully saturated rings. The Labute approximate surface area is 290 Å². The van der Waals surface area contributed by atoms with Crippen molar-refractivity contribution in [2.75, 3.05) is 0 Å². The van der Waals surface area contributed by atoms with Crippen molar-refractivity contribution in [3.8, 4) is 34.1 Å². The highest BCUT2D eigenvalue weighted by Gasteiger charge is 2.21. The topological polar surface area (TPSA) is 44.9 Å². The van der Waals surface area contributed by atoms with Gasteiger partial charge in [-0.15, -0.1) is 0 Å². The van der Waals surface area contributed by atoms with Gasteiger partial charge in [0.1, 0.15) is 17.3 Å². The molecule has 0 saturated carbocycles. The molecule has 0 aliphatic heterocycles. The van der Waals surface area contributed by atoms with E-state index in [4.69, 9.17) is 14.8 Å². The van der Waals surface area contributed by atoms with Gasteiger partial charge in [0.15, 0.2) is 0 Å². The highest BCUT2D eigenvalue weighted by molar-refractivity contribution is 6.09. The molecule has 3 aromatic heterocycles. The molecule has 0 spiro atoms. The van der Waals surface area contributed by atoms with Crippen molar-refractivity contribution in [1.82, 2.24) is 19.3 Å². The van der Waals surface area contributed by atoms with Crippen molar-refractivity contribution in [2.24, 2.45) is 0 Å². The van der Waals surface area contributed by atoms with E-state index in [1.165, 1.54) is 49.7 Å². The molecule has 248 valence electrons. The van der Waals surface area contributed by atoms with Gasteiger partial charge in [-0.2, -0.15) is 5.10 Å². The number of hydrogen-bond acceptors (Lipinski definition) is 3. The van der Waals surface area contributed by atoms with Gasteiger partial charge in [-0.3, -0.25) is 4.57 Å². The van der Waals surface area contributed by atoms with Gasteiger partial charge in [0.05, 0.1) is 22.4 Å². The lowest BCUT2D eigenvalue weighted by molar-refractivity contribution is 0.481. The zero-order valence-corrected chi connectivity index (χ0v) is 30.4. The van der Waals surface area contributed by atoms with E-state index in [1.54, 1.807) is 0 Å². The molecule has 0 saturated heterocycles. The van der Waals surface area contributed by atoms with Crippen LogP contribution in [0.2, 0.25) is 0 Å². The number of aryl methyl sites for hydroxylation is 4. The van der Waals surface area contributed by atoms with Crippen LogP contribution < -0.4 is 4.74 Å². The van der Waals surface area contributed by atoms with E-state index in [9.17, 15) is 0 Å². The van der Waals surface area contributed by atoms with Gasteiger partial charge in [0, 0.05) is 40.4 Å². The molecule has 0 unspecified atom stereocenters. The minimum absolute atomic E-state index is 0.00783. The number of nitrogens with zero attached hydrogens (tertiary/aromatic N) is 4. The average molecular weight is 647 g/mol. The van der Waals surface area contributed by atoms with Gasteiger partial charge >= 0.3 is 0 Å². The number of ether oxygens (including phenoxy) is 1. The van der Waals surface area contributed by atoms with Crippen LogP contribution in [0.1, 0.15) is 79.7 Å². The van der Waals surface area contributed by atoms with Gasteiger partial charge < -0.3 is 4.74 Å². The molecule has 0 bridgehead atoms. The monoisotopic (exact) mass is 646 g/mol. The molecule has 0 N–H and O–H groups in total. The molecule has 0 aliphatic carbocycles. The summed E-state index contributed by atoms with van der Waals surface area (Å²) in [5.41, 5.74) is 14.1. The van der Waals surface area contributed by atoms with Crippen LogP contribution in [0.5, 0.6) is 11.5 Å². The van der Waals surface area contributed by atoms with E-state index in [-0.39, 0.29) is 5.41 Å². The minimum Gasteiger partial charge on any atom is -0.457 e. The van der Waals surface area contributed by atoms with Crippen molar-refractivity contribution in [3.05, 3.63) is 130 Å². The van der Waals surface area contributed by atoms with Crippen LogP contribution >= 0.6 is 0 Å². The fraction of sp³-hybridized carbons (Fsp3) is 0.273. The zero-order valence-electron chi connectivity index (χ0n) is 30.4. The largest absolute Gasteiger partial charge is 0.457 e. The van der Waals surface area contributed by atoms with E-state index in [0.717, 1.165) is 45.4 Å². The van der Waals surface area contributed by atoms with Crippen molar-refractivity contribution in [1.29, 1.82) is 0 Å². The Bertz CT molecular complexity index is 2360. The summed E-state index contributed by atoms with van der Waals surface area (Å²) in [6.45, 7) is 22.0. The lowest BCUT2D eigenvalue weighted by Crippen LogP contribution is -2.12. The lowest BCUT2D eigenvalue weighted by Gasteiger charge is -2.20. The quantitative estimate of drug-likeness (QED) is 0.181. The standard InChI is InChI=1S/C44H46N4O/c1-26(2)32-21-34(48-31(7)43(30(6)46-48)42-28(4)19-27(3)20-29(42)5)24-36(22-32)49-35-15-16-38-37-13-11-12-14-39(37)47(40(38)25-35)41-23-33(17-18-45-41)44(8,9)10/h11-26H,1-10H3. The third-order valence-electron chi connectivity index (χ3n) is 9.76. The van der Waals surface area contributed by atoms with Gasteiger partial charge in [-0.25, -0.2) is 9.67 Å². The molecule has 7 rings (SSSR count). The summed E-state index contributed by atoms with van der Waals surface area (Å²) in [5.74, 6) is 2.77. The Morgan fingerprint density at radius 3 is 2.12 bits per heavy atom. The van der Waals surface area contributed by atoms with Crippen LogP contribution in [0.4, 0.5) is 0 Å². The van der Waals surface area contributed by atoms with Crippen molar-refractivity contribution >= 4 is 21.8 Å². The first-order valence-corrected chi connectivity index (χ1v) is 17.3. The second-order valence-corrected chi connectivity index (χ2v) is 14.9. The first-order valence-electron chi connectivity index (χ1n) is 17.3. The minimum atomic E-state index is 0.00783. The van der Waals surface area contributed by atoms with Crippen molar-refractivity contribution < 1.29 is 4.74 Å². The highest BCUT2D eigenvalue weighted by atomic mass is 16.5. The molecule has 0 amide bonds. The maximum atomic E-state index is 6.74. The summed E-state index contributed by atoms with van der Waals surface area (Å²) in [6.07, 6.45) is 1.92. The first-order chi connectivity index (χ1) is 23.3. The number of rotatable bonds is 6. The normalized spacial score (nSPS) is 12.1. The molecular weight excluding hydrogens is 601 g/mol. The average Bonchev–Trinajstić information content (AvgIpc) is 3.53. The second kappa shape index (κ2) is 12.1. The van der Waals surface area contributed by atoms with Gasteiger partial charge in [-0.1, -0.05) is 70.5 Å². The van der Waals surface area contributed by atoms with Crippen LogP contribution in [0.25, 0.3) is 44.4 Å². The summed E-state index contributed by atoms with van der Waals surface area (Å²) in [4.78, 5) is 4.85. The number of pyridine rings is 1. The van der Waals surface area contributed by atoms with Gasteiger partial charge in [-0.05, 0) is 116 Å². The molecular formula is C44H46N4O. The summed E-state index contributed by atoms with van der Waals surface area (Å²) >= 11 is 0. The molecule has 49 heavy (non-hydrogen) atoms. The second-order valence-electron chi connectivity index (χ2n) is 14.9. The Balaban J connectivity index is 1.34. The predicted octanol–water partition coefficient (Wildman–Crippen LogP) is 11.8. The molecule has 5 heteroatoms. The van der Waals surface area contributed by atoms with E-state index in [0.29, 0.717) is 5.92 Å². The van der Waals surface area contributed by atoms with Gasteiger partial charge in [0.25, 0.3) is 0 Å². The number of benzene rings is 4. The lowest BCUT2D eigenvalue weighted by atomic mass is 9.88. The zero-order chi connectivity index (χ0) is 34.8. The van der Waals surface area contributed by atoms with Crippen molar-refractivity contribution in [3.63, 3.8) is 0 Å². The molecule has 3 heterocycles. The molecule has 0 radical (unpaired) electrons. The van der Waals surface area contributed by atoms with Crippen LogP contribution in [-0.4, -0.2) is 19.3 Å². The fourth-order valence-corrected chi connectivity index (χ4v) is 7.35. The Morgan fingerprint density at radius 2 is 1.41 bits per heavy atom. The summed E-state index contributed by atoms with van der Waals surface area (Å²) < 4.78 is 11.1. The number of para-hydroxylation sites is 1.